The third-order valence-electron chi connectivity index (χ3n) is 6.74. The van der Waals surface area contributed by atoms with E-state index in [1.807, 2.05) is 76.2 Å². The Kier molecular flexibility index (Phi) is 9.32. The third kappa shape index (κ3) is 6.70. The largest absolute Gasteiger partial charge is 2.00 e. The monoisotopic (exact) mass is 649 g/mol. The Morgan fingerprint density at radius 3 is 1.78 bits per heavy atom. The Balaban J connectivity index is 0.000000198. The van der Waals surface area contributed by atoms with Crippen LogP contribution in [0.15, 0.2) is 79.0 Å². The van der Waals surface area contributed by atoms with Crippen LogP contribution >= 0.6 is 11.8 Å². The number of nitrogens with one attached hydrogen (secondary N) is 1. The van der Waals surface area contributed by atoms with Crippen LogP contribution < -0.4 is 5.11 Å². The predicted molar refractivity (Wildman–Crippen MR) is 162 cm³/mol. The molecule has 0 saturated carbocycles. The molecule has 9 heteroatoms. The van der Waals surface area contributed by atoms with Crippen molar-refractivity contribution in [3.63, 3.8) is 0 Å². The second-order valence-corrected chi connectivity index (χ2v) is 11.9. The molecule has 0 spiro atoms. The maximum Gasteiger partial charge on any atom is 2.00 e. The maximum atomic E-state index is 10.7. The van der Waals surface area contributed by atoms with Gasteiger partial charge in [0.1, 0.15) is 0 Å². The summed E-state index contributed by atoms with van der Waals surface area (Å²) in [4.78, 5) is 29.1. The minimum Gasteiger partial charge on any atom is -0.669 e. The van der Waals surface area contributed by atoms with E-state index in [9.17, 15) is 9.90 Å². The number of nitrogens with zero attached hydrogens (tertiary/aromatic N) is 4. The van der Waals surface area contributed by atoms with Crippen LogP contribution in [-0.2, 0) is 29.0 Å². The molecular formula is C32H29N5O2RuS. The number of benzene rings is 2. The first-order chi connectivity index (χ1) is 19.1. The van der Waals surface area contributed by atoms with Crippen LogP contribution in [0.5, 0.6) is 0 Å². The Morgan fingerprint density at radius 1 is 0.780 bits per heavy atom. The van der Waals surface area contributed by atoms with Gasteiger partial charge in [-0.2, -0.15) is 11.8 Å². The van der Waals surface area contributed by atoms with Gasteiger partial charge in [0.2, 0.25) is 0 Å². The van der Waals surface area contributed by atoms with E-state index in [-0.39, 0.29) is 25.2 Å². The molecule has 1 unspecified atom stereocenters. The average molecular weight is 649 g/mol. The molecule has 0 aliphatic rings. The van der Waals surface area contributed by atoms with Crippen LogP contribution in [0, 0.1) is 13.8 Å². The summed E-state index contributed by atoms with van der Waals surface area (Å²) in [6.07, 6.45) is 1.75. The van der Waals surface area contributed by atoms with Crippen molar-refractivity contribution in [3.05, 3.63) is 102 Å². The molecule has 6 aromatic rings. The second kappa shape index (κ2) is 12.6. The Bertz CT molecular complexity index is 1820. The van der Waals surface area contributed by atoms with Crippen molar-refractivity contribution >= 4 is 61.3 Å². The first-order valence-electron chi connectivity index (χ1n) is 13.0. The summed E-state index contributed by atoms with van der Waals surface area (Å²) < 4.78 is -0.417. The first-order valence-corrected chi connectivity index (χ1v) is 14.0. The molecule has 6 rings (SSSR count). The van der Waals surface area contributed by atoms with E-state index >= 15 is 0 Å². The summed E-state index contributed by atoms with van der Waals surface area (Å²) in [5.74, 6) is -1.19. The molecule has 0 radical (unpaired) electrons. The van der Waals surface area contributed by atoms with Crippen molar-refractivity contribution in [2.45, 2.75) is 38.5 Å². The molecule has 0 amide bonds. The number of carbonyl (C=O) groups excluding carboxylic acids is 1. The number of thioether (sulfide) groups is 1. The molecule has 0 bridgehead atoms. The van der Waals surface area contributed by atoms with E-state index in [2.05, 4.69) is 39.2 Å². The van der Waals surface area contributed by atoms with E-state index in [4.69, 9.17) is 10.7 Å². The van der Waals surface area contributed by atoms with Gasteiger partial charge in [0.25, 0.3) is 0 Å². The summed E-state index contributed by atoms with van der Waals surface area (Å²) in [5, 5.41) is 15.1. The zero-order valence-electron chi connectivity index (χ0n) is 23.2. The van der Waals surface area contributed by atoms with Crippen LogP contribution in [0.1, 0.15) is 30.9 Å². The van der Waals surface area contributed by atoms with E-state index < -0.39 is 16.8 Å². The second-order valence-electron chi connectivity index (χ2n) is 10.2. The van der Waals surface area contributed by atoms with Crippen LogP contribution in [0.3, 0.4) is 0 Å². The zero-order valence-corrected chi connectivity index (χ0v) is 25.7. The van der Waals surface area contributed by atoms with Gasteiger partial charge >= 0.3 is 19.5 Å². The van der Waals surface area contributed by atoms with Crippen LogP contribution in [0.4, 0.5) is 0 Å². The molecule has 0 aliphatic carbocycles. The summed E-state index contributed by atoms with van der Waals surface area (Å²) >= 11 is 1.39. The average Bonchev–Trinajstić information content (AvgIpc) is 2.95. The van der Waals surface area contributed by atoms with Gasteiger partial charge in [-0.25, -0.2) is 4.98 Å². The molecule has 0 aliphatic heterocycles. The molecule has 0 saturated heterocycles. The van der Waals surface area contributed by atoms with E-state index in [0.717, 1.165) is 60.7 Å². The number of aromatic nitrogens is 4. The van der Waals surface area contributed by atoms with Gasteiger partial charge < -0.3 is 15.6 Å². The summed E-state index contributed by atoms with van der Waals surface area (Å²) in [5.41, 5.74) is 14.1. The number of hydrogen-bond donors (Lipinski definition) is 0. The van der Waals surface area contributed by atoms with Gasteiger partial charge in [-0.05, 0) is 57.7 Å². The van der Waals surface area contributed by atoms with Crippen molar-refractivity contribution in [1.82, 2.24) is 19.9 Å². The SMILES string of the molecule is CC(C)(SCC([NH-])C(=O)[O-])c1ccc2ccc3cccnc3c2n1.Cc1ccc2ccc3ccc(C)nc3c2n1.[Ru+2]. The van der Waals surface area contributed by atoms with Gasteiger partial charge in [0.05, 0.1) is 32.5 Å². The van der Waals surface area contributed by atoms with Gasteiger partial charge in [0.15, 0.2) is 0 Å². The Labute approximate surface area is 255 Å². The smallest absolute Gasteiger partial charge is 0.669 e. The number of carbonyl (C=O) groups is 1. The summed E-state index contributed by atoms with van der Waals surface area (Å²) in [7, 11) is 0. The van der Waals surface area contributed by atoms with Crippen molar-refractivity contribution in [2.75, 3.05) is 5.75 Å². The number of aryl methyl sites for hydroxylation is 2. The molecule has 208 valence electrons. The molecule has 7 nitrogen and oxygen atoms in total. The number of hydrogen-bond acceptors (Lipinski definition) is 7. The van der Waals surface area contributed by atoms with Gasteiger partial charge in [-0.3, -0.25) is 15.0 Å². The summed E-state index contributed by atoms with van der Waals surface area (Å²) in [6, 6.07) is 23.1. The molecule has 41 heavy (non-hydrogen) atoms. The number of rotatable bonds is 5. The van der Waals surface area contributed by atoms with Crippen LogP contribution in [0.2, 0.25) is 0 Å². The number of fused-ring (bicyclic) bond motifs is 6. The Hall–Kier alpha value is -3.52. The number of carboxylic acid groups (broad SMARTS) is 1. The summed E-state index contributed by atoms with van der Waals surface area (Å²) in [6.45, 7) is 7.97. The normalized spacial score (nSPS) is 12.1. The molecule has 2 aromatic carbocycles. The van der Waals surface area contributed by atoms with Crippen LogP contribution in [-0.4, -0.2) is 37.7 Å². The number of pyridine rings is 4. The quantitative estimate of drug-likeness (QED) is 0.159. The molecule has 0 fully saturated rings. The predicted octanol–water partition coefficient (Wildman–Crippen LogP) is 6.32. The molecule has 1 atom stereocenters. The fourth-order valence-electron chi connectivity index (χ4n) is 4.46. The standard InChI is InChI=1S/C18H18N3O2S.C14H12N2.Ru/c1-18(2,24-10-13(19)17(22)23)14-8-7-12-6-5-11-4-3-9-20-15(11)16(12)21-14;1-9-3-5-11-7-8-12-6-4-10(2)16-14(12)13(11)15-9;/h3-9,13,19H,10H2,1-2H3,(H,22,23);3-8H,1-2H3;/q-1;;+2/p-1. The van der Waals surface area contributed by atoms with E-state index in [0.29, 0.717) is 0 Å². The number of carboxylic acids is 1. The maximum absolute atomic E-state index is 10.7. The zero-order chi connectivity index (χ0) is 28.4. The minimum atomic E-state index is -1.35. The van der Waals surface area contributed by atoms with Crippen molar-refractivity contribution < 1.29 is 29.4 Å². The number of aliphatic carboxylic acids is 1. The van der Waals surface area contributed by atoms with Crippen molar-refractivity contribution in [3.8, 4) is 0 Å². The van der Waals surface area contributed by atoms with E-state index in [1.54, 1.807) is 6.20 Å². The molecule has 4 aromatic heterocycles. The fourth-order valence-corrected chi connectivity index (χ4v) is 5.44. The van der Waals surface area contributed by atoms with Gasteiger partial charge in [-0.15, -0.1) is 0 Å². The fraction of sp³-hybridized carbons (Fsp3) is 0.219. The molecule has 4 heterocycles. The Morgan fingerprint density at radius 2 is 1.24 bits per heavy atom. The molecular weight excluding hydrogens is 620 g/mol. The van der Waals surface area contributed by atoms with Gasteiger partial charge in [-0.1, -0.05) is 54.6 Å². The molecule has 1 N–H and O–H groups in total. The minimum absolute atomic E-state index is 0. The topological polar surface area (TPSA) is 115 Å². The van der Waals surface area contributed by atoms with E-state index in [1.165, 1.54) is 11.8 Å². The van der Waals surface area contributed by atoms with Crippen molar-refractivity contribution in [1.29, 1.82) is 0 Å². The van der Waals surface area contributed by atoms with Crippen LogP contribution in [0.25, 0.3) is 49.3 Å². The first kappa shape index (κ1) is 30.4. The third-order valence-corrected chi connectivity index (χ3v) is 8.17. The van der Waals surface area contributed by atoms with Crippen molar-refractivity contribution in [2.24, 2.45) is 0 Å². The van der Waals surface area contributed by atoms with Gasteiger partial charge in [0, 0.05) is 45.1 Å².